The van der Waals surface area contributed by atoms with E-state index in [0.29, 0.717) is 0 Å². The van der Waals surface area contributed by atoms with E-state index in [1.54, 1.807) is 11.3 Å². The van der Waals surface area contributed by atoms with Gasteiger partial charge in [0.2, 0.25) is 0 Å². The number of H-pyrrole nitrogens is 1. The van der Waals surface area contributed by atoms with Gasteiger partial charge in [-0.1, -0.05) is 0 Å². The predicted molar refractivity (Wildman–Crippen MR) is 66.4 cm³/mol. The molecule has 0 aliphatic carbocycles. The highest BCUT2D eigenvalue weighted by Gasteiger charge is 2.10. The van der Waals surface area contributed by atoms with Crippen LogP contribution in [0.4, 0.5) is 5.69 Å². The summed E-state index contributed by atoms with van der Waals surface area (Å²) < 4.78 is 0. The van der Waals surface area contributed by atoms with E-state index >= 15 is 0 Å². The molecule has 3 aromatic heterocycles. The number of anilines is 1. The van der Waals surface area contributed by atoms with E-state index < -0.39 is 0 Å². The van der Waals surface area contributed by atoms with E-state index in [1.165, 1.54) is 0 Å². The molecule has 4 nitrogen and oxygen atoms in total. The van der Waals surface area contributed by atoms with Gasteiger partial charge in [-0.05, 0) is 30.5 Å². The molecule has 0 bridgehead atoms. The van der Waals surface area contributed by atoms with Gasteiger partial charge in [0.05, 0.1) is 16.1 Å². The van der Waals surface area contributed by atoms with Gasteiger partial charge in [0.15, 0.2) is 11.5 Å². The molecule has 0 unspecified atom stereocenters. The molecule has 0 amide bonds. The fourth-order valence-electron chi connectivity index (χ4n) is 1.61. The lowest BCUT2D eigenvalue weighted by Crippen LogP contribution is -1.85. The summed E-state index contributed by atoms with van der Waals surface area (Å²) in [4.78, 5) is 13.0. The maximum absolute atomic E-state index is 5.85. The molecule has 0 fully saturated rings. The number of aryl methyl sites for hydroxylation is 1. The number of nitrogens with two attached hydrogens (primary N) is 1. The zero-order chi connectivity index (χ0) is 11.1. The first-order valence-corrected chi connectivity index (χ1v) is 5.79. The maximum Gasteiger partial charge on any atom is 0.178 e. The van der Waals surface area contributed by atoms with Gasteiger partial charge < -0.3 is 10.7 Å². The Bertz CT molecular complexity index is 653. The van der Waals surface area contributed by atoms with Gasteiger partial charge in [-0.15, -0.1) is 11.3 Å². The Morgan fingerprint density at radius 1 is 1.25 bits per heavy atom. The maximum atomic E-state index is 5.85. The summed E-state index contributed by atoms with van der Waals surface area (Å²) in [6.45, 7) is 1.95. The number of aromatic nitrogens is 3. The molecule has 0 aliphatic heterocycles. The Morgan fingerprint density at radius 3 is 2.88 bits per heavy atom. The minimum atomic E-state index is 0.739. The fourth-order valence-corrected chi connectivity index (χ4v) is 2.37. The van der Waals surface area contributed by atoms with Gasteiger partial charge in [-0.25, -0.2) is 9.97 Å². The quantitative estimate of drug-likeness (QED) is 0.675. The van der Waals surface area contributed by atoms with Crippen molar-refractivity contribution in [1.82, 2.24) is 15.0 Å². The van der Waals surface area contributed by atoms with Crippen molar-refractivity contribution in [2.75, 3.05) is 5.73 Å². The first-order chi connectivity index (χ1) is 7.74. The lowest BCUT2D eigenvalue weighted by Gasteiger charge is -1.91. The van der Waals surface area contributed by atoms with Crippen LogP contribution in [-0.4, -0.2) is 15.0 Å². The Balaban J connectivity index is 2.23. The molecule has 0 aromatic carbocycles. The van der Waals surface area contributed by atoms with Crippen LogP contribution in [0.1, 0.15) is 5.69 Å². The molecule has 3 rings (SSSR count). The summed E-state index contributed by atoms with van der Waals surface area (Å²) in [5.41, 5.74) is 9.24. The number of fused-ring (bicyclic) bond motifs is 1. The zero-order valence-electron chi connectivity index (χ0n) is 8.69. The predicted octanol–water partition coefficient (Wildman–Crippen LogP) is 2.58. The standard InChI is InChI=1S/C11H10N4S/c1-6-2-3-8-10(13-6)15-11(14-8)9-7(12)4-5-16-9/h2-5H,12H2,1H3,(H,13,14,15). The highest BCUT2D eigenvalue weighted by atomic mass is 32.1. The van der Waals surface area contributed by atoms with E-state index in [9.17, 15) is 0 Å². The average Bonchev–Trinajstić information content (AvgIpc) is 2.82. The minimum Gasteiger partial charge on any atom is -0.397 e. The van der Waals surface area contributed by atoms with Crippen LogP contribution in [0.5, 0.6) is 0 Å². The van der Waals surface area contributed by atoms with Gasteiger partial charge in [0.1, 0.15) is 0 Å². The molecule has 3 aromatic rings. The van der Waals surface area contributed by atoms with Gasteiger partial charge >= 0.3 is 0 Å². The molecule has 0 aliphatic rings. The zero-order valence-corrected chi connectivity index (χ0v) is 9.51. The molecule has 0 saturated heterocycles. The third-order valence-electron chi connectivity index (χ3n) is 2.40. The fraction of sp³-hybridized carbons (Fsp3) is 0.0909. The summed E-state index contributed by atoms with van der Waals surface area (Å²) >= 11 is 1.58. The van der Waals surface area contributed by atoms with Crippen LogP contribution < -0.4 is 5.73 Å². The molecular formula is C11H10N4S. The van der Waals surface area contributed by atoms with E-state index in [4.69, 9.17) is 5.73 Å². The normalized spacial score (nSPS) is 11.1. The third-order valence-corrected chi connectivity index (χ3v) is 3.33. The van der Waals surface area contributed by atoms with Crippen molar-refractivity contribution in [3.8, 4) is 10.7 Å². The van der Waals surface area contributed by atoms with E-state index in [0.717, 1.165) is 33.2 Å². The SMILES string of the molecule is Cc1ccc2[nH]c(-c3sccc3N)nc2n1. The number of hydrogen-bond donors (Lipinski definition) is 2. The Hall–Kier alpha value is -1.88. The molecule has 5 heteroatoms. The molecule has 0 atom stereocenters. The van der Waals surface area contributed by atoms with Crippen molar-refractivity contribution in [2.24, 2.45) is 0 Å². The molecule has 0 spiro atoms. The van der Waals surface area contributed by atoms with Crippen LogP contribution in [0.25, 0.3) is 21.9 Å². The Labute approximate surface area is 96.2 Å². The summed E-state index contributed by atoms with van der Waals surface area (Å²) in [6, 6.07) is 5.83. The lowest BCUT2D eigenvalue weighted by atomic mass is 10.3. The van der Waals surface area contributed by atoms with Crippen molar-refractivity contribution in [3.63, 3.8) is 0 Å². The number of nitrogens with zero attached hydrogens (tertiary/aromatic N) is 2. The summed E-state index contributed by atoms with van der Waals surface area (Å²) in [6.07, 6.45) is 0. The van der Waals surface area contributed by atoms with Gasteiger partial charge in [-0.2, -0.15) is 0 Å². The van der Waals surface area contributed by atoms with E-state index in [2.05, 4.69) is 15.0 Å². The number of rotatable bonds is 1. The average molecular weight is 230 g/mol. The summed E-state index contributed by atoms with van der Waals surface area (Å²) in [7, 11) is 0. The summed E-state index contributed by atoms with van der Waals surface area (Å²) in [5, 5.41) is 1.95. The second kappa shape index (κ2) is 3.31. The molecule has 0 saturated carbocycles. The minimum absolute atomic E-state index is 0.739. The van der Waals surface area contributed by atoms with Gasteiger partial charge in [0, 0.05) is 5.69 Å². The molecule has 0 radical (unpaired) electrons. The van der Waals surface area contributed by atoms with Crippen LogP contribution in [0.2, 0.25) is 0 Å². The lowest BCUT2D eigenvalue weighted by molar-refractivity contribution is 1.22. The molecule has 3 heterocycles. The van der Waals surface area contributed by atoms with Gasteiger partial charge in [0.25, 0.3) is 0 Å². The largest absolute Gasteiger partial charge is 0.397 e. The number of nitrogens with one attached hydrogen (secondary N) is 1. The van der Waals surface area contributed by atoms with Crippen molar-refractivity contribution >= 4 is 28.2 Å². The highest BCUT2D eigenvalue weighted by Crippen LogP contribution is 2.30. The van der Waals surface area contributed by atoms with Crippen molar-refractivity contribution in [1.29, 1.82) is 0 Å². The van der Waals surface area contributed by atoms with Crippen LogP contribution >= 0.6 is 11.3 Å². The van der Waals surface area contributed by atoms with Crippen LogP contribution in [-0.2, 0) is 0 Å². The molecular weight excluding hydrogens is 220 g/mol. The highest BCUT2D eigenvalue weighted by molar-refractivity contribution is 7.14. The number of pyridine rings is 1. The third kappa shape index (κ3) is 1.37. The first kappa shape index (κ1) is 9.35. The second-order valence-corrected chi connectivity index (χ2v) is 4.53. The number of aromatic amines is 1. The Kier molecular flexibility index (Phi) is 1.94. The number of thiophene rings is 1. The molecule has 80 valence electrons. The van der Waals surface area contributed by atoms with Crippen molar-refractivity contribution in [3.05, 3.63) is 29.3 Å². The summed E-state index contributed by atoms with van der Waals surface area (Å²) in [5.74, 6) is 0.792. The number of imidazole rings is 1. The number of hydrogen-bond acceptors (Lipinski definition) is 4. The van der Waals surface area contributed by atoms with Crippen molar-refractivity contribution < 1.29 is 0 Å². The first-order valence-electron chi connectivity index (χ1n) is 4.91. The molecule has 3 N–H and O–H groups in total. The monoisotopic (exact) mass is 230 g/mol. The van der Waals surface area contributed by atoms with Crippen LogP contribution in [0.15, 0.2) is 23.6 Å². The molecule has 16 heavy (non-hydrogen) atoms. The Morgan fingerprint density at radius 2 is 2.12 bits per heavy atom. The topological polar surface area (TPSA) is 67.6 Å². The number of nitrogen functional groups attached to an aromatic ring is 1. The van der Waals surface area contributed by atoms with Crippen LogP contribution in [0.3, 0.4) is 0 Å². The van der Waals surface area contributed by atoms with Gasteiger partial charge in [-0.3, -0.25) is 0 Å². The van der Waals surface area contributed by atoms with Crippen molar-refractivity contribution in [2.45, 2.75) is 6.92 Å². The van der Waals surface area contributed by atoms with E-state index in [1.807, 2.05) is 30.5 Å². The second-order valence-electron chi connectivity index (χ2n) is 3.61. The smallest absolute Gasteiger partial charge is 0.178 e. The van der Waals surface area contributed by atoms with E-state index in [-0.39, 0.29) is 0 Å². The van der Waals surface area contributed by atoms with Crippen LogP contribution in [0, 0.1) is 6.92 Å².